The van der Waals surface area contributed by atoms with Gasteiger partial charge >= 0.3 is 0 Å². The fraction of sp³-hybridized carbons (Fsp3) is 0.817. The third kappa shape index (κ3) is 48.1. The third-order valence-electron chi connectivity index (χ3n) is 19.1. The van der Waals surface area contributed by atoms with Crippen LogP contribution >= 0.6 is 0 Å². The molecular formula is C82H147NO13. The first kappa shape index (κ1) is 89.3. The van der Waals surface area contributed by atoms with Crippen LogP contribution in [0.1, 0.15) is 335 Å². The number of nitrogens with one attached hydrogen (secondary N) is 1. The van der Waals surface area contributed by atoms with Crippen molar-refractivity contribution < 1.29 is 64.6 Å². The molecule has 2 fully saturated rings. The second-order valence-electron chi connectivity index (χ2n) is 27.8. The smallest absolute Gasteiger partial charge is 0.220 e. The highest BCUT2D eigenvalue weighted by Gasteiger charge is 2.51. The quantitative estimate of drug-likeness (QED) is 0.0204. The predicted octanol–water partition coefficient (Wildman–Crippen LogP) is 17.9. The monoisotopic (exact) mass is 1350 g/mol. The maximum Gasteiger partial charge on any atom is 0.220 e. The lowest BCUT2D eigenvalue weighted by Gasteiger charge is -2.46. The number of unbranched alkanes of at least 4 members (excludes halogenated alkanes) is 41. The molecule has 96 heavy (non-hydrogen) atoms. The summed E-state index contributed by atoms with van der Waals surface area (Å²) < 4.78 is 22.9. The summed E-state index contributed by atoms with van der Waals surface area (Å²) in [4.78, 5) is 13.4. The summed E-state index contributed by atoms with van der Waals surface area (Å²) >= 11 is 0. The van der Waals surface area contributed by atoms with Gasteiger partial charge in [0.2, 0.25) is 5.91 Å². The van der Waals surface area contributed by atoms with E-state index in [0.29, 0.717) is 12.8 Å². The van der Waals surface area contributed by atoms with Crippen LogP contribution in [0.5, 0.6) is 0 Å². The molecule has 0 bridgehead atoms. The maximum atomic E-state index is 13.4. The zero-order valence-electron chi connectivity index (χ0n) is 61.1. The van der Waals surface area contributed by atoms with Gasteiger partial charge in [-0.05, 0) is 77.0 Å². The number of hydrogen-bond donors (Lipinski definition) is 9. The van der Waals surface area contributed by atoms with Crippen LogP contribution in [0.25, 0.3) is 0 Å². The zero-order chi connectivity index (χ0) is 69.4. The molecule has 0 saturated carbocycles. The van der Waals surface area contributed by atoms with Gasteiger partial charge < -0.3 is 65.1 Å². The van der Waals surface area contributed by atoms with E-state index in [1.54, 1.807) is 6.08 Å². The second-order valence-corrected chi connectivity index (χ2v) is 27.8. The maximum absolute atomic E-state index is 13.4. The Labute approximate surface area is 586 Å². The summed E-state index contributed by atoms with van der Waals surface area (Å²) in [7, 11) is 0. The van der Waals surface area contributed by atoms with Gasteiger partial charge in [-0.25, -0.2) is 0 Å². The number of ether oxygens (including phenoxy) is 4. The normalized spacial score (nSPS) is 22.7. The summed E-state index contributed by atoms with van der Waals surface area (Å²) in [5.74, 6) is -0.249. The lowest BCUT2D eigenvalue weighted by Crippen LogP contribution is -2.65. The van der Waals surface area contributed by atoms with Gasteiger partial charge in [-0.15, -0.1) is 0 Å². The van der Waals surface area contributed by atoms with Crippen molar-refractivity contribution in [3.05, 3.63) is 85.1 Å². The standard InChI is InChI=1S/C82H147NO13/c1-3-5-7-9-11-13-15-17-19-21-23-25-27-29-31-33-34-35-36-38-39-41-43-45-47-49-51-53-55-57-59-61-63-65-71(86)70(69-93-81-79(92)77(90)80(73(68-85)95-81)96-82-78(91)76(89)75(88)72(67-84)94-82)83-74(87)66-64-62-60-58-56-54-52-50-48-46-44-42-40-37-32-30-28-26-24-22-20-18-16-14-12-10-8-6-4-2/h6,8,12,14,18,20,24,26,30,32,55,57,63,65,70-73,75-82,84-86,88-92H,3-5,7,9-11,13,15-17,19,21-23,25,27-29,31,33-54,56,58-62,64,66-69H2,1-2H3,(H,83,87)/b8-6-,14-12-,20-18-,26-24-,32-30-,57-55+,65-63+. The van der Waals surface area contributed by atoms with Gasteiger partial charge in [-0.3, -0.25) is 4.79 Å². The van der Waals surface area contributed by atoms with E-state index in [0.717, 1.165) is 70.6 Å². The van der Waals surface area contributed by atoms with Crippen molar-refractivity contribution in [2.24, 2.45) is 0 Å². The molecule has 2 aliphatic heterocycles. The van der Waals surface area contributed by atoms with Gasteiger partial charge in [0.1, 0.15) is 48.8 Å². The Hall–Kier alpha value is -2.83. The van der Waals surface area contributed by atoms with Gasteiger partial charge in [-0.2, -0.15) is 0 Å². The first-order valence-electron chi connectivity index (χ1n) is 39.8. The van der Waals surface area contributed by atoms with Crippen LogP contribution in [0, 0.1) is 0 Å². The van der Waals surface area contributed by atoms with E-state index in [4.69, 9.17) is 18.9 Å². The van der Waals surface area contributed by atoms with E-state index in [2.05, 4.69) is 92.1 Å². The van der Waals surface area contributed by atoms with Crippen LogP contribution in [0.3, 0.4) is 0 Å². The van der Waals surface area contributed by atoms with Gasteiger partial charge in [0.05, 0.1) is 32.0 Å². The molecule has 2 rings (SSSR count). The number of aliphatic hydroxyl groups excluding tert-OH is 8. The molecule has 0 radical (unpaired) electrons. The fourth-order valence-corrected chi connectivity index (χ4v) is 12.8. The van der Waals surface area contributed by atoms with Crippen molar-refractivity contribution in [2.45, 2.75) is 408 Å². The highest BCUT2D eigenvalue weighted by atomic mass is 16.7. The molecule has 12 unspecified atom stereocenters. The molecule has 0 aliphatic carbocycles. The Morgan fingerprint density at radius 2 is 0.729 bits per heavy atom. The van der Waals surface area contributed by atoms with Gasteiger partial charge in [0, 0.05) is 6.42 Å². The molecule has 2 heterocycles. The molecule has 1 amide bonds. The highest BCUT2D eigenvalue weighted by Crippen LogP contribution is 2.30. The Kier molecular flexibility index (Phi) is 60.9. The first-order valence-corrected chi connectivity index (χ1v) is 39.8. The van der Waals surface area contributed by atoms with Crippen molar-refractivity contribution >= 4 is 5.91 Å². The van der Waals surface area contributed by atoms with Crippen LogP contribution in [0.4, 0.5) is 0 Å². The molecule has 9 N–H and O–H groups in total. The Balaban J connectivity index is 1.64. The first-order chi connectivity index (χ1) is 47.1. The van der Waals surface area contributed by atoms with Crippen LogP contribution in [-0.2, 0) is 23.7 Å². The minimum Gasteiger partial charge on any atom is -0.394 e. The van der Waals surface area contributed by atoms with E-state index in [1.165, 1.54) is 231 Å². The van der Waals surface area contributed by atoms with Crippen LogP contribution < -0.4 is 5.32 Å². The number of allylic oxidation sites excluding steroid dienone is 13. The molecule has 0 aromatic heterocycles. The topological polar surface area (TPSA) is 228 Å². The fourth-order valence-electron chi connectivity index (χ4n) is 12.8. The summed E-state index contributed by atoms with van der Waals surface area (Å²) in [5, 5.41) is 87.6. The summed E-state index contributed by atoms with van der Waals surface area (Å²) in [6.07, 6.45) is 75.2. The van der Waals surface area contributed by atoms with Crippen molar-refractivity contribution in [3.63, 3.8) is 0 Å². The van der Waals surface area contributed by atoms with E-state index in [-0.39, 0.29) is 18.9 Å². The van der Waals surface area contributed by atoms with E-state index in [1.807, 2.05) is 6.08 Å². The summed E-state index contributed by atoms with van der Waals surface area (Å²) in [6, 6.07) is -0.939. The van der Waals surface area contributed by atoms with Crippen LogP contribution in [-0.4, -0.2) is 140 Å². The van der Waals surface area contributed by atoms with Crippen molar-refractivity contribution in [2.75, 3.05) is 19.8 Å². The van der Waals surface area contributed by atoms with Crippen molar-refractivity contribution in [1.29, 1.82) is 0 Å². The number of carbonyl (C=O) groups is 1. The summed E-state index contributed by atoms with van der Waals surface area (Å²) in [6.45, 7) is 2.71. The average molecular weight is 1360 g/mol. The second kappa shape index (κ2) is 65.5. The number of carbonyl (C=O) groups excluding carboxylic acids is 1. The SMILES string of the molecule is CC/C=C\C/C=C\C/C=C\C/C=C\C/C=C\CCCCCCCCCCCCCCCC(=O)NC(COC1OC(CO)C(OC2OC(CO)C(O)C(O)C2O)C(O)C1O)C(O)/C=C/CC/C=C/CCCCCCCCCCCCCCCCCCCCCCCCCCCCC. The minimum atomic E-state index is -1.80. The van der Waals surface area contributed by atoms with E-state index < -0.39 is 86.8 Å². The van der Waals surface area contributed by atoms with Crippen LogP contribution in [0.15, 0.2) is 85.1 Å². The summed E-state index contributed by atoms with van der Waals surface area (Å²) in [5.41, 5.74) is 0. The Bertz CT molecular complexity index is 1940. The molecule has 558 valence electrons. The Morgan fingerprint density at radius 3 is 1.15 bits per heavy atom. The average Bonchev–Trinajstić information content (AvgIpc) is 0.854. The van der Waals surface area contributed by atoms with Gasteiger partial charge in [0.25, 0.3) is 0 Å². The number of hydrogen-bond acceptors (Lipinski definition) is 13. The molecule has 2 aliphatic rings. The van der Waals surface area contributed by atoms with Crippen molar-refractivity contribution in [1.82, 2.24) is 5.32 Å². The third-order valence-corrected chi connectivity index (χ3v) is 19.1. The molecule has 12 atom stereocenters. The number of aliphatic hydroxyl groups is 8. The highest BCUT2D eigenvalue weighted by molar-refractivity contribution is 5.76. The van der Waals surface area contributed by atoms with E-state index >= 15 is 0 Å². The largest absolute Gasteiger partial charge is 0.394 e. The van der Waals surface area contributed by atoms with E-state index in [9.17, 15) is 45.6 Å². The molecule has 0 spiro atoms. The van der Waals surface area contributed by atoms with Crippen molar-refractivity contribution in [3.8, 4) is 0 Å². The van der Waals surface area contributed by atoms with Gasteiger partial charge in [-0.1, -0.05) is 336 Å². The Morgan fingerprint density at radius 1 is 0.385 bits per heavy atom. The molecule has 0 aromatic rings. The number of rotatable bonds is 66. The molecule has 14 heteroatoms. The lowest BCUT2D eigenvalue weighted by atomic mass is 9.97. The number of amides is 1. The van der Waals surface area contributed by atoms with Gasteiger partial charge in [0.15, 0.2) is 12.6 Å². The van der Waals surface area contributed by atoms with Crippen LogP contribution in [0.2, 0.25) is 0 Å². The predicted molar refractivity (Wildman–Crippen MR) is 396 cm³/mol. The molecule has 2 saturated heterocycles. The molecule has 14 nitrogen and oxygen atoms in total. The molecule has 0 aromatic carbocycles. The molecular weight excluding hydrogens is 1210 g/mol. The zero-order valence-corrected chi connectivity index (χ0v) is 61.1. The lowest BCUT2D eigenvalue weighted by molar-refractivity contribution is -0.359. The minimum absolute atomic E-state index is 0.249.